The minimum atomic E-state index is -0.213. The number of aromatic amines is 1. The SMILES string of the molecule is CC(Sc1nnc(N2CCCCC2)n1C1CC1)C(=O)c1c[nH]c2ccccc12. The molecule has 1 atom stereocenters. The molecule has 1 saturated carbocycles. The molecule has 0 amide bonds. The summed E-state index contributed by atoms with van der Waals surface area (Å²) in [6.45, 7) is 4.08. The molecule has 7 heteroatoms. The number of carbonyl (C=O) groups excluding carboxylic acids is 1. The molecule has 146 valence electrons. The number of H-pyrrole nitrogens is 1. The van der Waals surface area contributed by atoms with Gasteiger partial charge in [-0.25, -0.2) is 0 Å². The number of rotatable bonds is 6. The Kier molecular flexibility index (Phi) is 4.62. The summed E-state index contributed by atoms with van der Waals surface area (Å²) >= 11 is 1.54. The summed E-state index contributed by atoms with van der Waals surface area (Å²) in [6, 6.07) is 8.44. The van der Waals surface area contributed by atoms with Gasteiger partial charge in [-0.15, -0.1) is 10.2 Å². The molecule has 0 spiro atoms. The van der Waals surface area contributed by atoms with Crippen molar-refractivity contribution in [1.29, 1.82) is 0 Å². The molecule has 2 aromatic heterocycles. The monoisotopic (exact) mass is 395 g/mol. The van der Waals surface area contributed by atoms with Crippen molar-refractivity contribution >= 4 is 34.4 Å². The van der Waals surface area contributed by atoms with Gasteiger partial charge in [-0.2, -0.15) is 0 Å². The van der Waals surface area contributed by atoms with Gasteiger partial charge in [0.1, 0.15) is 0 Å². The predicted molar refractivity (Wildman–Crippen MR) is 112 cm³/mol. The van der Waals surface area contributed by atoms with Gasteiger partial charge >= 0.3 is 0 Å². The third-order valence-electron chi connectivity index (χ3n) is 5.70. The van der Waals surface area contributed by atoms with Crippen LogP contribution in [0.2, 0.25) is 0 Å². The van der Waals surface area contributed by atoms with E-state index in [1.54, 1.807) is 0 Å². The second kappa shape index (κ2) is 7.28. The number of aromatic nitrogens is 4. The van der Waals surface area contributed by atoms with E-state index < -0.39 is 0 Å². The van der Waals surface area contributed by atoms with Crippen LogP contribution < -0.4 is 4.90 Å². The highest BCUT2D eigenvalue weighted by Crippen LogP contribution is 2.42. The molecule has 6 nitrogen and oxygen atoms in total. The topological polar surface area (TPSA) is 66.8 Å². The highest BCUT2D eigenvalue weighted by molar-refractivity contribution is 8.00. The van der Waals surface area contributed by atoms with Crippen molar-refractivity contribution in [3.8, 4) is 0 Å². The standard InChI is InChI=1S/C21H25N5OS/c1-14(19(27)17-13-22-18-8-4-3-7-16(17)18)28-21-24-23-20(26(21)15-9-10-15)25-11-5-2-6-12-25/h3-4,7-8,13-15,22H,2,5-6,9-12H2,1H3. The van der Waals surface area contributed by atoms with Crippen molar-refractivity contribution in [3.05, 3.63) is 36.0 Å². The Labute approximate surface area is 168 Å². The minimum Gasteiger partial charge on any atom is -0.360 e. The molecular weight excluding hydrogens is 370 g/mol. The van der Waals surface area contributed by atoms with E-state index in [1.807, 2.05) is 37.4 Å². The Morgan fingerprint density at radius 2 is 1.96 bits per heavy atom. The second-order valence-electron chi connectivity index (χ2n) is 7.80. The van der Waals surface area contributed by atoms with Crippen LogP contribution in [0.15, 0.2) is 35.6 Å². The maximum atomic E-state index is 13.1. The number of nitrogens with one attached hydrogen (secondary N) is 1. The Bertz CT molecular complexity index is 999. The summed E-state index contributed by atoms with van der Waals surface area (Å²) < 4.78 is 2.29. The minimum absolute atomic E-state index is 0.132. The van der Waals surface area contributed by atoms with E-state index in [9.17, 15) is 4.79 Å². The molecule has 28 heavy (non-hydrogen) atoms. The molecule has 2 aliphatic rings. The summed E-state index contributed by atoms with van der Waals surface area (Å²) in [5.74, 6) is 1.13. The lowest BCUT2D eigenvalue weighted by Crippen LogP contribution is -2.32. The number of nitrogens with zero attached hydrogens (tertiary/aromatic N) is 4. The second-order valence-corrected chi connectivity index (χ2v) is 9.11. The maximum absolute atomic E-state index is 13.1. The molecule has 5 rings (SSSR count). The van der Waals surface area contributed by atoms with Gasteiger partial charge in [-0.05, 0) is 45.1 Å². The fourth-order valence-electron chi connectivity index (χ4n) is 4.02. The van der Waals surface area contributed by atoms with E-state index in [0.29, 0.717) is 6.04 Å². The largest absolute Gasteiger partial charge is 0.360 e. The highest BCUT2D eigenvalue weighted by Gasteiger charge is 2.33. The van der Waals surface area contributed by atoms with Crippen LogP contribution in [0.3, 0.4) is 0 Å². The van der Waals surface area contributed by atoms with E-state index >= 15 is 0 Å². The molecule has 1 aromatic carbocycles. The van der Waals surface area contributed by atoms with Crippen LogP contribution in [0, 0.1) is 0 Å². The smallest absolute Gasteiger partial charge is 0.228 e. The van der Waals surface area contributed by atoms with Gasteiger partial charge < -0.3 is 9.88 Å². The summed E-state index contributed by atoms with van der Waals surface area (Å²) in [4.78, 5) is 18.7. The summed E-state index contributed by atoms with van der Waals surface area (Å²) in [5, 5.41) is 10.7. The number of hydrogen-bond donors (Lipinski definition) is 1. The lowest BCUT2D eigenvalue weighted by Gasteiger charge is -2.28. The van der Waals surface area contributed by atoms with Crippen LogP contribution in [0.5, 0.6) is 0 Å². The molecule has 3 heterocycles. The molecule has 2 fully saturated rings. The van der Waals surface area contributed by atoms with Crippen molar-refractivity contribution in [2.75, 3.05) is 18.0 Å². The van der Waals surface area contributed by atoms with Crippen LogP contribution in [0.1, 0.15) is 55.4 Å². The summed E-state index contributed by atoms with van der Waals surface area (Å²) in [5.41, 5.74) is 1.75. The molecular formula is C21H25N5OS. The molecule has 0 bridgehead atoms. The third kappa shape index (κ3) is 3.21. The molecule has 3 aromatic rings. The normalized spacial score (nSPS) is 18.5. The number of para-hydroxylation sites is 1. The first-order chi connectivity index (χ1) is 13.7. The quantitative estimate of drug-likeness (QED) is 0.493. The van der Waals surface area contributed by atoms with Gasteiger partial charge in [0.25, 0.3) is 0 Å². The van der Waals surface area contributed by atoms with Crippen LogP contribution in [0.4, 0.5) is 5.95 Å². The van der Waals surface area contributed by atoms with Crippen molar-refractivity contribution < 1.29 is 4.79 Å². The fourth-order valence-corrected chi connectivity index (χ4v) is 5.00. The van der Waals surface area contributed by atoms with E-state index in [1.165, 1.54) is 43.9 Å². The van der Waals surface area contributed by atoms with E-state index in [4.69, 9.17) is 0 Å². The first kappa shape index (κ1) is 17.8. The number of fused-ring (bicyclic) bond motifs is 1. The van der Waals surface area contributed by atoms with Gasteiger partial charge in [-0.3, -0.25) is 9.36 Å². The molecule has 0 radical (unpaired) electrons. The third-order valence-corrected chi connectivity index (χ3v) is 6.76. The Hall–Kier alpha value is -2.28. The fraction of sp³-hybridized carbons (Fsp3) is 0.476. The average molecular weight is 396 g/mol. The number of Topliss-reactive ketones (excluding diaryl/α,β-unsaturated/α-hetero) is 1. The molecule has 1 saturated heterocycles. The number of benzene rings is 1. The summed E-state index contributed by atoms with van der Waals surface area (Å²) in [6.07, 6.45) is 7.92. The van der Waals surface area contributed by atoms with E-state index in [2.05, 4.69) is 24.6 Å². The van der Waals surface area contributed by atoms with Crippen LogP contribution >= 0.6 is 11.8 Å². The predicted octanol–water partition coefficient (Wildman–Crippen LogP) is 4.45. The molecule has 1 aliphatic heterocycles. The van der Waals surface area contributed by atoms with E-state index in [-0.39, 0.29) is 11.0 Å². The highest BCUT2D eigenvalue weighted by atomic mass is 32.2. The first-order valence-corrected chi connectivity index (χ1v) is 11.1. The zero-order valence-electron chi connectivity index (χ0n) is 16.1. The Balaban J connectivity index is 1.39. The number of piperidine rings is 1. The average Bonchev–Trinajstić information content (AvgIpc) is 3.34. The summed E-state index contributed by atoms with van der Waals surface area (Å²) in [7, 11) is 0. The number of ketones is 1. The van der Waals surface area contributed by atoms with Crippen molar-refractivity contribution in [3.63, 3.8) is 0 Å². The molecule has 1 aliphatic carbocycles. The van der Waals surface area contributed by atoms with Crippen LogP contribution in [0.25, 0.3) is 10.9 Å². The number of carbonyl (C=O) groups is 1. The van der Waals surface area contributed by atoms with Gasteiger partial charge in [-0.1, -0.05) is 30.0 Å². The van der Waals surface area contributed by atoms with Crippen LogP contribution in [-0.2, 0) is 0 Å². The van der Waals surface area contributed by atoms with E-state index in [0.717, 1.165) is 40.7 Å². The molecule has 1 N–H and O–H groups in total. The lowest BCUT2D eigenvalue weighted by molar-refractivity contribution is 0.0995. The number of hydrogen-bond acceptors (Lipinski definition) is 5. The zero-order valence-corrected chi connectivity index (χ0v) is 16.9. The van der Waals surface area contributed by atoms with Gasteiger partial charge in [0, 0.05) is 41.8 Å². The Morgan fingerprint density at radius 3 is 2.75 bits per heavy atom. The number of anilines is 1. The van der Waals surface area contributed by atoms with Crippen molar-refractivity contribution in [1.82, 2.24) is 19.7 Å². The van der Waals surface area contributed by atoms with Gasteiger partial charge in [0.15, 0.2) is 10.9 Å². The van der Waals surface area contributed by atoms with Gasteiger partial charge in [0.2, 0.25) is 5.95 Å². The lowest BCUT2D eigenvalue weighted by atomic mass is 10.1. The number of thioether (sulfide) groups is 1. The van der Waals surface area contributed by atoms with Crippen LogP contribution in [-0.4, -0.2) is 43.9 Å². The zero-order chi connectivity index (χ0) is 19.1. The van der Waals surface area contributed by atoms with Crippen molar-refractivity contribution in [2.45, 2.75) is 55.5 Å². The van der Waals surface area contributed by atoms with Gasteiger partial charge in [0.05, 0.1) is 5.25 Å². The first-order valence-electron chi connectivity index (χ1n) is 10.2. The Morgan fingerprint density at radius 1 is 1.18 bits per heavy atom. The molecule has 1 unspecified atom stereocenters. The maximum Gasteiger partial charge on any atom is 0.228 e. The van der Waals surface area contributed by atoms with Crippen molar-refractivity contribution in [2.24, 2.45) is 0 Å².